The number of aromatic nitrogens is 3. The molecule has 0 unspecified atom stereocenters. The average Bonchev–Trinajstić information content (AvgIpc) is 3.19. The normalized spacial score (nSPS) is 11.2. The number of aryl methyl sites for hydroxylation is 2. The predicted octanol–water partition coefficient (Wildman–Crippen LogP) is 4.51. The second-order valence-corrected chi connectivity index (χ2v) is 7.89. The van der Waals surface area contributed by atoms with Crippen molar-refractivity contribution in [2.45, 2.75) is 39.7 Å². The summed E-state index contributed by atoms with van der Waals surface area (Å²) in [5.74, 6) is 0.254. The molecule has 0 aliphatic rings. The highest BCUT2D eigenvalue weighted by Crippen LogP contribution is 2.24. The van der Waals surface area contributed by atoms with Gasteiger partial charge in [-0.15, -0.1) is 0 Å². The molecule has 31 heavy (non-hydrogen) atoms. The van der Waals surface area contributed by atoms with Gasteiger partial charge in [-0.3, -0.25) is 14.2 Å². The van der Waals surface area contributed by atoms with E-state index in [0.717, 1.165) is 16.8 Å². The van der Waals surface area contributed by atoms with Gasteiger partial charge in [0.05, 0.1) is 6.33 Å². The summed E-state index contributed by atoms with van der Waals surface area (Å²) < 4.78 is 6.66. The highest BCUT2D eigenvalue weighted by molar-refractivity contribution is 5.90. The molecule has 0 saturated carbocycles. The third kappa shape index (κ3) is 4.40. The summed E-state index contributed by atoms with van der Waals surface area (Å²) >= 11 is 0. The Morgan fingerprint density at radius 1 is 1.10 bits per heavy atom. The van der Waals surface area contributed by atoms with Crippen LogP contribution >= 0.6 is 0 Å². The van der Waals surface area contributed by atoms with Crippen LogP contribution in [0.4, 0.5) is 5.69 Å². The Bertz CT molecular complexity index is 1270. The summed E-state index contributed by atoms with van der Waals surface area (Å²) in [5.41, 5.74) is 4.57. The van der Waals surface area contributed by atoms with Crippen molar-refractivity contribution >= 4 is 22.7 Å². The Morgan fingerprint density at radius 2 is 1.81 bits per heavy atom. The van der Waals surface area contributed by atoms with Crippen LogP contribution in [0.15, 0.2) is 64.2 Å². The minimum Gasteiger partial charge on any atom is -0.348 e. The Kier molecular flexibility index (Phi) is 5.66. The molecule has 0 aliphatic heterocycles. The van der Waals surface area contributed by atoms with Crippen LogP contribution < -0.4 is 10.9 Å². The largest absolute Gasteiger partial charge is 0.348 e. The monoisotopic (exact) mass is 416 g/mol. The molecule has 2 heterocycles. The lowest BCUT2D eigenvalue weighted by Gasteiger charge is -2.09. The van der Waals surface area contributed by atoms with Crippen LogP contribution in [0.25, 0.3) is 22.4 Å². The summed E-state index contributed by atoms with van der Waals surface area (Å²) in [6.07, 6.45) is 1.57. The van der Waals surface area contributed by atoms with Crippen LogP contribution in [0.2, 0.25) is 0 Å². The molecule has 4 aromatic rings. The number of benzene rings is 2. The van der Waals surface area contributed by atoms with Crippen LogP contribution in [-0.4, -0.2) is 20.6 Å². The van der Waals surface area contributed by atoms with Gasteiger partial charge in [0.25, 0.3) is 11.1 Å². The summed E-state index contributed by atoms with van der Waals surface area (Å²) in [6, 6.07) is 15.5. The quantitative estimate of drug-likeness (QED) is 0.499. The highest BCUT2D eigenvalue weighted by atomic mass is 16.5. The molecular weight excluding hydrogens is 392 g/mol. The highest BCUT2D eigenvalue weighted by Gasteiger charge is 2.16. The number of fused-ring (bicyclic) bond motifs is 1. The number of hydrogen-bond acceptors (Lipinski definition) is 5. The lowest BCUT2D eigenvalue weighted by atomic mass is 10.0. The van der Waals surface area contributed by atoms with Crippen LogP contribution in [0.5, 0.6) is 0 Å². The number of amides is 1. The summed E-state index contributed by atoms with van der Waals surface area (Å²) in [4.78, 5) is 29.4. The molecule has 158 valence electrons. The van der Waals surface area contributed by atoms with Crippen molar-refractivity contribution in [2.24, 2.45) is 0 Å². The van der Waals surface area contributed by atoms with E-state index in [9.17, 15) is 9.59 Å². The number of anilines is 1. The van der Waals surface area contributed by atoms with Crippen molar-refractivity contribution in [3.05, 3.63) is 76.3 Å². The van der Waals surface area contributed by atoms with Crippen LogP contribution in [0.3, 0.4) is 0 Å². The van der Waals surface area contributed by atoms with E-state index in [1.54, 1.807) is 0 Å². The molecule has 0 saturated heterocycles. The number of nitrogens with zero attached hydrogens (tertiary/aromatic N) is 3. The van der Waals surface area contributed by atoms with Gasteiger partial charge in [0, 0.05) is 24.2 Å². The second-order valence-electron chi connectivity index (χ2n) is 7.89. The molecule has 0 fully saturated rings. The Morgan fingerprint density at radius 3 is 2.48 bits per heavy atom. The summed E-state index contributed by atoms with van der Waals surface area (Å²) in [5, 5.41) is 6.89. The molecular formula is C24H24N4O3. The number of hydrogen-bond donors (Lipinski definition) is 1. The molecule has 1 N–H and O–H groups in total. The van der Waals surface area contributed by atoms with E-state index < -0.39 is 0 Å². The zero-order chi connectivity index (χ0) is 22.0. The molecule has 0 atom stereocenters. The van der Waals surface area contributed by atoms with Gasteiger partial charge in [0.15, 0.2) is 0 Å². The zero-order valence-electron chi connectivity index (χ0n) is 17.8. The van der Waals surface area contributed by atoms with E-state index in [1.807, 2.05) is 55.5 Å². The fraction of sp³-hybridized carbons (Fsp3) is 0.250. The maximum atomic E-state index is 12.8. The van der Waals surface area contributed by atoms with Crippen molar-refractivity contribution in [2.75, 3.05) is 5.32 Å². The summed E-state index contributed by atoms with van der Waals surface area (Å²) in [7, 11) is 0. The first-order chi connectivity index (χ1) is 14.9. The maximum Gasteiger partial charge on any atom is 0.299 e. The number of nitrogens with one attached hydrogen (secondary N) is 1. The fourth-order valence-corrected chi connectivity index (χ4v) is 3.31. The second kappa shape index (κ2) is 8.55. The van der Waals surface area contributed by atoms with Gasteiger partial charge >= 0.3 is 0 Å². The van der Waals surface area contributed by atoms with Crippen LogP contribution in [0, 0.1) is 6.92 Å². The molecule has 2 aromatic heterocycles. The standard InChI is InChI=1S/C24H24N4O3/c1-15(2)17-8-10-19(11-9-17)26-20(29)12-13-28-14-25-22-21(27-31-23(22)24(28)30)18-6-4-16(3)5-7-18/h4-11,14-15H,12-13H2,1-3H3,(H,26,29). The van der Waals surface area contributed by atoms with Gasteiger partial charge in [0.1, 0.15) is 11.2 Å². The Balaban J connectivity index is 1.46. The van der Waals surface area contributed by atoms with Crippen molar-refractivity contribution in [3.63, 3.8) is 0 Å². The number of rotatable bonds is 6. The predicted molar refractivity (Wildman–Crippen MR) is 120 cm³/mol. The van der Waals surface area contributed by atoms with Gasteiger partial charge in [-0.05, 0) is 30.5 Å². The van der Waals surface area contributed by atoms with E-state index in [4.69, 9.17) is 4.52 Å². The third-order valence-electron chi connectivity index (χ3n) is 5.21. The lowest BCUT2D eigenvalue weighted by Crippen LogP contribution is -2.23. The molecule has 2 aromatic carbocycles. The fourth-order valence-electron chi connectivity index (χ4n) is 3.31. The molecule has 7 nitrogen and oxygen atoms in total. The van der Waals surface area contributed by atoms with E-state index in [-0.39, 0.29) is 30.0 Å². The molecule has 0 spiro atoms. The van der Waals surface area contributed by atoms with Gasteiger partial charge in [0.2, 0.25) is 5.91 Å². The zero-order valence-corrected chi connectivity index (χ0v) is 17.8. The van der Waals surface area contributed by atoms with E-state index in [1.165, 1.54) is 16.5 Å². The number of carbonyl (C=O) groups excluding carboxylic acids is 1. The van der Waals surface area contributed by atoms with Crippen LogP contribution in [0.1, 0.15) is 37.3 Å². The molecule has 0 bridgehead atoms. The number of carbonyl (C=O) groups is 1. The SMILES string of the molecule is Cc1ccc(-c2noc3c(=O)n(CCC(=O)Nc4ccc(C(C)C)cc4)cnc23)cc1. The van der Waals surface area contributed by atoms with Gasteiger partial charge < -0.3 is 9.84 Å². The van der Waals surface area contributed by atoms with Crippen molar-refractivity contribution in [3.8, 4) is 11.3 Å². The van der Waals surface area contributed by atoms with Crippen molar-refractivity contribution in [1.82, 2.24) is 14.7 Å². The molecule has 0 radical (unpaired) electrons. The van der Waals surface area contributed by atoms with E-state index in [0.29, 0.717) is 17.1 Å². The van der Waals surface area contributed by atoms with Crippen molar-refractivity contribution in [1.29, 1.82) is 0 Å². The van der Waals surface area contributed by atoms with Gasteiger partial charge in [-0.25, -0.2) is 4.98 Å². The first-order valence-electron chi connectivity index (χ1n) is 10.2. The molecule has 4 rings (SSSR count). The molecule has 0 aliphatic carbocycles. The van der Waals surface area contributed by atoms with E-state index >= 15 is 0 Å². The van der Waals surface area contributed by atoms with Gasteiger partial charge in [-0.1, -0.05) is 61.0 Å². The smallest absolute Gasteiger partial charge is 0.299 e. The molecule has 7 heteroatoms. The van der Waals surface area contributed by atoms with Crippen LogP contribution in [-0.2, 0) is 11.3 Å². The third-order valence-corrected chi connectivity index (χ3v) is 5.21. The first-order valence-corrected chi connectivity index (χ1v) is 10.2. The lowest BCUT2D eigenvalue weighted by molar-refractivity contribution is -0.116. The topological polar surface area (TPSA) is 90.0 Å². The first kappa shape index (κ1) is 20.5. The minimum absolute atomic E-state index is 0.0859. The Labute approximate surface area is 179 Å². The van der Waals surface area contributed by atoms with Gasteiger partial charge in [-0.2, -0.15) is 0 Å². The molecule has 1 amide bonds. The minimum atomic E-state index is -0.357. The van der Waals surface area contributed by atoms with E-state index in [2.05, 4.69) is 29.3 Å². The van der Waals surface area contributed by atoms with Crippen molar-refractivity contribution < 1.29 is 9.32 Å². The average molecular weight is 416 g/mol. The Hall–Kier alpha value is -3.74. The summed E-state index contributed by atoms with van der Waals surface area (Å²) in [6.45, 7) is 6.43. The maximum absolute atomic E-state index is 12.8.